The average Bonchev–Trinajstić information content (AvgIpc) is 0.911. The maximum absolute atomic E-state index is 11.5. The molecule has 726 valence electrons. The van der Waals surface area contributed by atoms with Crippen molar-refractivity contribution in [2.24, 2.45) is 119 Å². The number of halogens is 3. The molecule has 11 aliphatic carbocycles. The first-order valence-corrected chi connectivity index (χ1v) is 59.3. The number of carbonyl (C=O) groups is 12. The summed E-state index contributed by atoms with van der Waals surface area (Å²) in [5, 5.41) is 75.0. The Morgan fingerprint density at radius 3 is 0.624 bits per heavy atom. The fourth-order valence-electron chi connectivity index (χ4n) is 20.8. The van der Waals surface area contributed by atoms with Crippen molar-refractivity contribution in [3.8, 4) is 0 Å². The van der Waals surface area contributed by atoms with E-state index in [2.05, 4.69) is 93.9 Å². The molecule has 0 aromatic carbocycles. The van der Waals surface area contributed by atoms with E-state index in [4.69, 9.17) is 0 Å². The summed E-state index contributed by atoms with van der Waals surface area (Å²) in [5.41, 5.74) is 0.301. The van der Waals surface area contributed by atoms with Gasteiger partial charge in [-0.3, -0.25) is 57.5 Å². The van der Waals surface area contributed by atoms with E-state index >= 15 is 0 Å². The van der Waals surface area contributed by atoms with Crippen molar-refractivity contribution in [1.29, 1.82) is 0 Å². The van der Waals surface area contributed by atoms with E-state index in [1.807, 2.05) is 201 Å². The van der Waals surface area contributed by atoms with Gasteiger partial charge in [-0.2, -0.15) is 0 Å². The molecule has 125 heavy (non-hydrogen) atoms. The van der Waals surface area contributed by atoms with Crippen molar-refractivity contribution >= 4 is 129 Å². The molecule has 0 amide bonds. The molecule has 0 aromatic heterocycles. The third-order valence-corrected chi connectivity index (χ3v) is 26.9. The molecule has 11 aliphatic rings. The Bertz CT molecular complexity index is 3210. The number of hydrogen-bond acceptors (Lipinski definition) is 20. The Labute approximate surface area is 795 Å². The predicted molar refractivity (Wildman–Crippen MR) is 527 cm³/mol. The van der Waals surface area contributed by atoms with E-state index in [1.165, 1.54) is 17.2 Å². The Hall–Kier alpha value is -2.29. The minimum absolute atomic E-state index is 0. The molecule has 0 spiro atoms. The van der Waals surface area contributed by atoms with Crippen LogP contribution in [0, 0.1) is 119 Å². The monoisotopic (exact) mass is 2140 g/mol. The van der Waals surface area contributed by atoms with Crippen LogP contribution in [0.2, 0.25) is 0 Å². The zero-order valence-corrected chi connectivity index (χ0v) is 91.2. The molecule has 0 unspecified atom stereocenters. The van der Waals surface area contributed by atoms with Crippen LogP contribution in [0.3, 0.4) is 0 Å². The quantitative estimate of drug-likeness (QED) is 0.0825. The molecule has 0 radical (unpaired) electrons. The van der Waals surface area contributed by atoms with Crippen molar-refractivity contribution in [1.82, 2.24) is 0 Å². The summed E-state index contributed by atoms with van der Waals surface area (Å²) in [7, 11) is 0. The number of aliphatic hydroxyl groups is 8. The number of allylic oxidation sites excluding steroid dienone is 4. The Morgan fingerprint density at radius 2 is 0.464 bits per heavy atom. The van der Waals surface area contributed by atoms with Gasteiger partial charge in [0.2, 0.25) is 0 Å². The van der Waals surface area contributed by atoms with Crippen LogP contribution in [0.1, 0.15) is 366 Å². The predicted octanol–water partition coefficient (Wildman–Crippen LogP) is 20.8. The second-order valence-electron chi connectivity index (χ2n) is 46.3. The molecule has 0 heterocycles. The van der Waals surface area contributed by atoms with Crippen molar-refractivity contribution < 1.29 is 106 Å². The Balaban J connectivity index is -0.00000132. The van der Waals surface area contributed by atoms with Gasteiger partial charge in [-0.15, -0.1) is 0 Å². The maximum atomic E-state index is 11.5. The van der Waals surface area contributed by atoms with Gasteiger partial charge in [0, 0.05) is 130 Å². The molecule has 18 atom stereocenters. The van der Waals surface area contributed by atoms with Gasteiger partial charge in [0.25, 0.3) is 0 Å². The Kier molecular flexibility index (Phi) is 49.4. The van der Waals surface area contributed by atoms with Gasteiger partial charge in [-0.05, 0) is 145 Å². The second-order valence-corrected chi connectivity index (χ2v) is 81.7. The van der Waals surface area contributed by atoms with Crippen LogP contribution in [-0.2, 0) is 62.5 Å². The van der Waals surface area contributed by atoms with E-state index in [0.29, 0.717) is 180 Å². The molecule has 0 aliphatic heterocycles. The van der Waals surface area contributed by atoms with E-state index in [-0.39, 0.29) is 182 Å². The van der Waals surface area contributed by atoms with Crippen LogP contribution in [0.15, 0.2) is 36.0 Å². The fraction of sp³-hybridized carbons (Fsp3) is 0.822. The van der Waals surface area contributed by atoms with Crippen LogP contribution >= 0.6 is 59.9 Å². The summed E-state index contributed by atoms with van der Waals surface area (Å²) in [6, 6.07) is 0. The number of Topliss-reactive ketones (excluding diaryl/α,β-unsaturated/α-hetero) is 11. The number of aliphatic hydroxyl groups excluding tert-OH is 8. The van der Waals surface area contributed by atoms with Crippen LogP contribution in [-0.4, -0.2) is 159 Å². The summed E-state index contributed by atoms with van der Waals surface area (Å²) in [6.07, 6.45) is 12.8. The molecular formula is C101H176I3O20V. The summed E-state index contributed by atoms with van der Waals surface area (Å²) in [5.74, 6) is 3.82. The minimum atomic E-state index is -0.476. The van der Waals surface area contributed by atoms with E-state index in [1.54, 1.807) is 6.92 Å². The second kappa shape index (κ2) is 50.3. The summed E-state index contributed by atoms with van der Waals surface area (Å²) in [6.45, 7) is 71.5. The normalized spacial score (nSPS) is 34.0. The van der Waals surface area contributed by atoms with Crippen LogP contribution < -0.4 is 0 Å². The van der Waals surface area contributed by atoms with E-state index in [0.717, 1.165) is 12.8 Å². The number of ketones is 12. The number of carbonyl (C=O) groups excluding carboxylic acids is 12. The molecule has 0 bridgehead atoms. The average molecular weight is 2140 g/mol. The zero-order valence-electron chi connectivity index (χ0n) is 83.3. The first-order chi connectivity index (χ1) is 56.0. The van der Waals surface area contributed by atoms with Crippen molar-refractivity contribution in [2.45, 2.75) is 412 Å². The first-order valence-electron chi connectivity index (χ1n) is 45.7. The molecule has 10 saturated carbocycles. The molecule has 24 heteroatoms. The van der Waals surface area contributed by atoms with Crippen molar-refractivity contribution in [3.05, 3.63) is 36.0 Å². The first kappa shape index (κ1) is 123. The van der Waals surface area contributed by atoms with Gasteiger partial charge in [0.15, 0.2) is 11.6 Å². The van der Waals surface area contributed by atoms with E-state index in [9.17, 15) is 98.4 Å². The molecule has 10 fully saturated rings. The summed E-state index contributed by atoms with van der Waals surface area (Å²) < 4.78 is 0. The van der Waals surface area contributed by atoms with Gasteiger partial charge >= 0.3 is 64.9 Å². The number of rotatable bonds is 0. The standard InChI is InChI=1S/C11H18.8C9H16O2.C9H14O2.C9H12O2.3HI.V.2H2/c1-8-6-9(2)10(3)11(4,5)7-8;10*1-6-4-7(10)5-9(2,3)8(6)11;;;;;;/h9H,1,3,6-7H2,2,4-5H3;8*6-7,10H,4-5H2,1-3H3;6H,4-5H2,1-3H3;4H,5H2,1-3H3;3*1H;;2*1H/q;;;;;;;;;;;;;;+3;;/p-3/t9-;4*6-,7+;4*6-,7-;6-;;;;;;;/m1110011000......./s1. The summed E-state index contributed by atoms with van der Waals surface area (Å²) in [4.78, 5) is 136. The number of hydrogen-bond donors (Lipinski definition) is 8. The van der Waals surface area contributed by atoms with Gasteiger partial charge in [-0.25, -0.2) is 0 Å². The van der Waals surface area contributed by atoms with Gasteiger partial charge in [0.05, 0.1) is 48.8 Å². The molecule has 20 nitrogen and oxygen atoms in total. The van der Waals surface area contributed by atoms with Crippen molar-refractivity contribution in [3.63, 3.8) is 0 Å². The van der Waals surface area contributed by atoms with Crippen LogP contribution in [0.5, 0.6) is 0 Å². The van der Waals surface area contributed by atoms with Gasteiger partial charge in [0.1, 0.15) is 57.8 Å². The summed E-state index contributed by atoms with van der Waals surface area (Å²) >= 11 is 7.39. The Morgan fingerprint density at radius 1 is 0.280 bits per heavy atom. The fourth-order valence-corrected chi connectivity index (χ4v) is 20.8. The zero-order chi connectivity index (χ0) is 98.7. The molecular weight excluding hydrogens is 1960 g/mol. The molecule has 0 saturated heterocycles. The molecule has 8 N–H and O–H groups in total. The van der Waals surface area contributed by atoms with Gasteiger partial charge in [-0.1, -0.05) is 246 Å². The van der Waals surface area contributed by atoms with Crippen molar-refractivity contribution in [2.75, 3.05) is 0 Å². The third-order valence-electron chi connectivity index (χ3n) is 26.9. The van der Waals surface area contributed by atoms with Crippen LogP contribution in [0.4, 0.5) is 0 Å². The SMILES string of the molecule is C=C1C[C@@H](C)C(=C)C(C)(C)C1.CC1=CC(=O)CC(C)(C)C1=O.C[C@@H]1C[C@@H](O)CC(C)(C)C1=O.C[C@@H]1C[C@@H](O)CC(C)(C)C1=O.C[C@@H]1C[C@H](O)CC(C)(C)C1=O.C[C@@H]1C[C@H](O)CC(C)(C)C1=O.C[C@H]1CC(=O)CC(C)(C)C1=O.C[C@H]1C[C@@H](O)CC(C)(C)C1=O.C[C@H]1C[C@@H](O)CC(C)(C)C1=O.C[C@H]1C[C@H](O)CC(C)(C)C1=O.C[C@H]1C[C@H](O)CC(C)(C)C1=O.[HH].[HH].[I][V]([I])[I]. The van der Waals surface area contributed by atoms with Crippen LogP contribution in [0.25, 0.3) is 0 Å². The topological polar surface area (TPSA) is 367 Å². The third kappa shape index (κ3) is 40.8. The molecule has 11 rings (SSSR count). The van der Waals surface area contributed by atoms with Gasteiger partial charge < -0.3 is 40.9 Å². The molecule has 0 aromatic rings. The van der Waals surface area contributed by atoms with E-state index < -0.39 is 10.8 Å².